The summed E-state index contributed by atoms with van der Waals surface area (Å²) in [5.41, 5.74) is -0.609. The lowest BCUT2D eigenvalue weighted by atomic mass is 9.65. The number of carbonyl (C=O) groups is 1. The standard InChI is InChI=1S/C20H29NO3/c1-14(2)21(3)17-9-10-18(21)12-16(11-17)20(13-22,19(23)24)15-7-5-4-6-8-15/h4-8,14,16-18,22H,9-13H2,1-3H3. The van der Waals surface area contributed by atoms with Gasteiger partial charge in [0.15, 0.2) is 0 Å². The van der Waals surface area contributed by atoms with Crippen LogP contribution in [-0.2, 0) is 10.2 Å². The highest BCUT2D eigenvalue weighted by Crippen LogP contribution is 2.50. The third-order valence-corrected chi connectivity index (χ3v) is 7.23. The van der Waals surface area contributed by atoms with Crippen LogP contribution >= 0.6 is 0 Å². The van der Waals surface area contributed by atoms with E-state index in [2.05, 4.69) is 20.9 Å². The summed E-state index contributed by atoms with van der Waals surface area (Å²) in [6, 6.07) is 10.7. The van der Waals surface area contributed by atoms with E-state index in [-0.39, 0.29) is 5.92 Å². The number of fused-ring (bicyclic) bond motifs is 2. The molecule has 2 aliphatic rings. The summed E-state index contributed by atoms with van der Waals surface area (Å²) in [4.78, 5) is 12.2. The topological polar surface area (TPSA) is 60.4 Å². The van der Waals surface area contributed by atoms with E-state index in [1.807, 2.05) is 30.3 Å². The predicted octanol–water partition coefficient (Wildman–Crippen LogP) is 1.46. The van der Waals surface area contributed by atoms with Crippen LogP contribution in [0.4, 0.5) is 0 Å². The summed E-state index contributed by atoms with van der Waals surface area (Å²) < 4.78 is 1.04. The number of carboxylic acid groups (broad SMARTS) is 1. The lowest BCUT2D eigenvalue weighted by Gasteiger charge is -2.53. The molecule has 4 heteroatoms. The first-order valence-corrected chi connectivity index (χ1v) is 9.10. The number of carboxylic acids is 1. The summed E-state index contributed by atoms with van der Waals surface area (Å²) in [5, 5.41) is 22.4. The minimum absolute atomic E-state index is 0.0719. The molecule has 1 N–H and O–H groups in total. The molecule has 1 aromatic rings. The molecule has 24 heavy (non-hydrogen) atoms. The van der Waals surface area contributed by atoms with Gasteiger partial charge in [-0.15, -0.1) is 0 Å². The van der Waals surface area contributed by atoms with Gasteiger partial charge in [0.05, 0.1) is 43.2 Å². The van der Waals surface area contributed by atoms with Crippen molar-refractivity contribution < 1.29 is 19.5 Å². The molecule has 3 atom stereocenters. The first kappa shape index (κ1) is 17.4. The van der Waals surface area contributed by atoms with E-state index in [1.54, 1.807) is 0 Å². The van der Waals surface area contributed by atoms with Crippen molar-refractivity contribution in [2.75, 3.05) is 13.7 Å². The molecule has 0 spiro atoms. The van der Waals surface area contributed by atoms with E-state index in [4.69, 9.17) is 0 Å². The Morgan fingerprint density at radius 3 is 2.21 bits per heavy atom. The van der Waals surface area contributed by atoms with E-state index in [0.29, 0.717) is 23.7 Å². The number of hydrogen-bond acceptors (Lipinski definition) is 3. The molecule has 0 amide bonds. The highest BCUT2D eigenvalue weighted by molar-refractivity contribution is 5.80. The van der Waals surface area contributed by atoms with Crippen molar-refractivity contribution in [1.82, 2.24) is 0 Å². The van der Waals surface area contributed by atoms with Crippen LogP contribution in [0, 0.1) is 5.92 Å². The zero-order chi connectivity index (χ0) is 17.5. The monoisotopic (exact) mass is 331 g/mol. The van der Waals surface area contributed by atoms with Crippen LogP contribution in [0.5, 0.6) is 0 Å². The second kappa shape index (κ2) is 6.16. The van der Waals surface area contributed by atoms with Gasteiger partial charge in [0.2, 0.25) is 0 Å². The van der Waals surface area contributed by atoms with Gasteiger partial charge < -0.3 is 19.5 Å². The van der Waals surface area contributed by atoms with Crippen LogP contribution in [-0.4, -0.2) is 47.3 Å². The molecule has 1 aromatic carbocycles. The molecule has 2 fully saturated rings. The van der Waals surface area contributed by atoms with Crippen molar-refractivity contribution >= 4 is 5.97 Å². The molecule has 2 saturated heterocycles. The molecular weight excluding hydrogens is 302 g/mol. The van der Waals surface area contributed by atoms with Crippen LogP contribution in [0.1, 0.15) is 45.1 Å². The first-order chi connectivity index (χ1) is 11.4. The minimum atomic E-state index is -1.29. The summed E-state index contributed by atoms with van der Waals surface area (Å²) in [6.07, 6.45) is 3.99. The third-order valence-electron chi connectivity index (χ3n) is 7.23. The number of aliphatic carboxylic acids is 1. The second-order valence-corrected chi connectivity index (χ2v) is 8.15. The van der Waals surface area contributed by atoms with Gasteiger partial charge in [-0.2, -0.15) is 0 Å². The molecular formula is C20H29NO3. The number of aliphatic hydroxyl groups excluding tert-OH is 1. The average molecular weight is 331 g/mol. The fourth-order valence-corrected chi connectivity index (χ4v) is 5.47. The Bertz CT molecular complexity index is 586. The van der Waals surface area contributed by atoms with Gasteiger partial charge in [-0.1, -0.05) is 30.3 Å². The SMILES string of the molecule is CC(C)[N+]1(C)C2CCC1CC(C(CO)(C(=O)[O-])c1ccccc1)C2. The van der Waals surface area contributed by atoms with Gasteiger partial charge in [-0.05, 0) is 25.3 Å². The Hall–Kier alpha value is -1.39. The smallest absolute Gasteiger partial charge is 0.0897 e. The fourth-order valence-electron chi connectivity index (χ4n) is 5.47. The van der Waals surface area contributed by atoms with E-state index in [0.717, 1.165) is 30.2 Å². The van der Waals surface area contributed by atoms with Gasteiger partial charge in [0.1, 0.15) is 0 Å². The Labute approximate surface area is 144 Å². The maximum Gasteiger partial charge on any atom is 0.0897 e. The van der Waals surface area contributed by atoms with Crippen molar-refractivity contribution in [3.63, 3.8) is 0 Å². The van der Waals surface area contributed by atoms with Crippen LogP contribution in [0.15, 0.2) is 30.3 Å². The number of aliphatic hydroxyl groups is 1. The highest BCUT2D eigenvalue weighted by atomic mass is 16.4. The van der Waals surface area contributed by atoms with E-state index in [9.17, 15) is 15.0 Å². The first-order valence-electron chi connectivity index (χ1n) is 9.10. The molecule has 132 valence electrons. The number of piperidine rings is 1. The van der Waals surface area contributed by atoms with Gasteiger partial charge in [-0.25, -0.2) is 0 Å². The Kier molecular flexibility index (Phi) is 4.47. The molecule has 2 heterocycles. The van der Waals surface area contributed by atoms with Crippen molar-refractivity contribution in [1.29, 1.82) is 0 Å². The van der Waals surface area contributed by atoms with Gasteiger partial charge in [-0.3, -0.25) is 0 Å². The molecule has 0 radical (unpaired) electrons. The highest BCUT2D eigenvalue weighted by Gasteiger charge is 2.57. The van der Waals surface area contributed by atoms with Crippen LogP contribution in [0.3, 0.4) is 0 Å². The number of carbonyl (C=O) groups excluding carboxylic acids is 1. The number of hydrogen-bond donors (Lipinski definition) is 1. The molecule has 2 bridgehead atoms. The molecule has 0 aliphatic carbocycles. The molecule has 0 aromatic heterocycles. The molecule has 2 aliphatic heterocycles. The van der Waals surface area contributed by atoms with Crippen LogP contribution in [0.2, 0.25) is 0 Å². The number of quaternary nitrogens is 1. The summed E-state index contributed by atoms with van der Waals surface area (Å²) in [7, 11) is 2.32. The Morgan fingerprint density at radius 2 is 1.79 bits per heavy atom. The Balaban J connectivity index is 1.99. The van der Waals surface area contributed by atoms with Gasteiger partial charge in [0, 0.05) is 25.7 Å². The van der Waals surface area contributed by atoms with Crippen molar-refractivity contribution in [2.45, 2.75) is 63.1 Å². The van der Waals surface area contributed by atoms with Gasteiger partial charge in [0.25, 0.3) is 0 Å². The Morgan fingerprint density at radius 1 is 1.25 bits per heavy atom. The lowest BCUT2D eigenvalue weighted by Crippen LogP contribution is -2.65. The second-order valence-electron chi connectivity index (χ2n) is 8.15. The maximum absolute atomic E-state index is 12.2. The number of rotatable bonds is 5. The zero-order valence-corrected chi connectivity index (χ0v) is 14.9. The zero-order valence-electron chi connectivity index (χ0n) is 14.9. The lowest BCUT2D eigenvalue weighted by molar-refractivity contribution is -0.968. The van der Waals surface area contributed by atoms with Crippen molar-refractivity contribution in [2.24, 2.45) is 5.92 Å². The molecule has 3 unspecified atom stereocenters. The molecule has 3 rings (SSSR count). The normalized spacial score (nSPS) is 35.0. The van der Waals surface area contributed by atoms with Crippen molar-refractivity contribution in [3.8, 4) is 0 Å². The summed E-state index contributed by atoms with van der Waals surface area (Å²) >= 11 is 0. The number of benzene rings is 1. The fraction of sp³-hybridized carbons (Fsp3) is 0.650. The third kappa shape index (κ3) is 2.31. The minimum Gasteiger partial charge on any atom is -0.549 e. The quantitative estimate of drug-likeness (QED) is 0.831. The maximum atomic E-state index is 12.2. The van der Waals surface area contributed by atoms with E-state index in [1.165, 1.54) is 0 Å². The van der Waals surface area contributed by atoms with Crippen LogP contribution in [0.25, 0.3) is 0 Å². The molecule has 4 nitrogen and oxygen atoms in total. The molecule has 0 saturated carbocycles. The summed E-state index contributed by atoms with van der Waals surface area (Å²) in [6.45, 7) is 4.14. The number of nitrogens with zero attached hydrogens (tertiary/aromatic N) is 1. The average Bonchev–Trinajstić information content (AvgIpc) is 2.75. The summed E-state index contributed by atoms with van der Waals surface area (Å²) in [5.74, 6) is -1.21. The van der Waals surface area contributed by atoms with E-state index >= 15 is 0 Å². The van der Waals surface area contributed by atoms with Gasteiger partial charge >= 0.3 is 0 Å². The van der Waals surface area contributed by atoms with Crippen LogP contribution < -0.4 is 5.11 Å². The van der Waals surface area contributed by atoms with E-state index < -0.39 is 18.0 Å². The predicted molar refractivity (Wildman–Crippen MR) is 91.1 cm³/mol. The largest absolute Gasteiger partial charge is 0.549 e. The van der Waals surface area contributed by atoms with Crippen molar-refractivity contribution in [3.05, 3.63) is 35.9 Å².